The van der Waals surface area contributed by atoms with Crippen LogP contribution in [0.25, 0.3) is 0 Å². The number of nitrogens with one attached hydrogen (secondary N) is 1. The van der Waals surface area contributed by atoms with Crippen LogP contribution >= 0.6 is 11.3 Å². The van der Waals surface area contributed by atoms with E-state index in [4.69, 9.17) is 0 Å². The van der Waals surface area contributed by atoms with Gasteiger partial charge in [-0.05, 0) is 58.0 Å². The molecule has 1 fully saturated rings. The molecule has 0 saturated heterocycles. The molecule has 1 aromatic heterocycles. The Balaban J connectivity index is 1.63. The van der Waals surface area contributed by atoms with Crippen LogP contribution in [0, 0.1) is 12.3 Å². The van der Waals surface area contributed by atoms with Gasteiger partial charge in [-0.1, -0.05) is 12.1 Å². The molecule has 0 bridgehead atoms. The Kier molecular flexibility index (Phi) is 9.12. The zero-order valence-electron chi connectivity index (χ0n) is 21.8. The van der Waals surface area contributed by atoms with Gasteiger partial charge in [-0.3, -0.25) is 9.59 Å². The molecule has 2 atom stereocenters. The van der Waals surface area contributed by atoms with Gasteiger partial charge in [0.1, 0.15) is 0 Å². The second kappa shape index (κ2) is 11.7. The normalized spacial score (nSPS) is 16.6. The molecule has 3 rings (SSSR count). The van der Waals surface area contributed by atoms with E-state index in [1.54, 1.807) is 44.2 Å². The maximum absolute atomic E-state index is 13.9. The van der Waals surface area contributed by atoms with Crippen LogP contribution in [0.3, 0.4) is 0 Å². The van der Waals surface area contributed by atoms with E-state index in [1.807, 2.05) is 31.1 Å². The van der Waals surface area contributed by atoms with E-state index in [0.29, 0.717) is 17.0 Å². The SMILES string of the molecule is Cc1cnc([C@@H](CC(=O)NC[C@H](Cc2ccc(C(=O)N=CN(C)C)cc2)N(C)C)C2(C(F)(F)F)CC2)s1. The van der Waals surface area contributed by atoms with E-state index in [2.05, 4.69) is 15.3 Å². The van der Waals surface area contributed by atoms with Gasteiger partial charge in [0, 0.05) is 55.7 Å². The molecule has 1 heterocycles. The minimum atomic E-state index is -4.38. The summed E-state index contributed by atoms with van der Waals surface area (Å²) in [5.41, 5.74) is -0.435. The first kappa shape index (κ1) is 28.8. The quantitative estimate of drug-likeness (QED) is 0.342. The lowest BCUT2D eigenvalue weighted by atomic mass is 9.85. The zero-order valence-corrected chi connectivity index (χ0v) is 22.6. The highest BCUT2D eigenvalue weighted by molar-refractivity contribution is 7.11. The van der Waals surface area contributed by atoms with Crippen molar-refractivity contribution in [2.45, 2.75) is 50.7 Å². The average Bonchev–Trinajstić information content (AvgIpc) is 3.54. The molecule has 1 aromatic carbocycles. The van der Waals surface area contributed by atoms with Crippen molar-refractivity contribution in [2.75, 3.05) is 34.7 Å². The molecular formula is C26H34F3N5O2S. The number of halogens is 3. The van der Waals surface area contributed by atoms with Crippen molar-refractivity contribution >= 4 is 29.5 Å². The Morgan fingerprint density at radius 1 is 1.19 bits per heavy atom. The third kappa shape index (κ3) is 7.38. The smallest absolute Gasteiger partial charge is 0.369 e. The Morgan fingerprint density at radius 2 is 1.84 bits per heavy atom. The first-order chi connectivity index (χ1) is 17.3. The fourth-order valence-electron chi connectivity index (χ4n) is 4.24. The van der Waals surface area contributed by atoms with Crippen LogP contribution in [0.4, 0.5) is 13.2 Å². The number of rotatable bonds is 11. The van der Waals surface area contributed by atoms with Gasteiger partial charge in [0.15, 0.2) is 0 Å². The number of aromatic nitrogens is 1. The monoisotopic (exact) mass is 537 g/mol. The standard InChI is InChI=1S/C26H34F3N5O2S/c1-17-14-31-24(37-17)21(25(10-11-25)26(27,28)29)13-22(35)30-15-20(34(4)5)12-18-6-8-19(9-7-18)23(36)32-16-33(2)3/h6-9,14,16,20-21H,10-13,15H2,1-5H3,(H,30,35)/t20-,21+/m0/s1. The van der Waals surface area contributed by atoms with Crippen LogP contribution < -0.4 is 5.32 Å². The van der Waals surface area contributed by atoms with Gasteiger partial charge >= 0.3 is 6.18 Å². The summed E-state index contributed by atoms with van der Waals surface area (Å²) in [6, 6.07) is 7.02. The predicted octanol–water partition coefficient (Wildman–Crippen LogP) is 4.29. The van der Waals surface area contributed by atoms with Crippen molar-refractivity contribution < 1.29 is 22.8 Å². The fourth-order valence-corrected chi connectivity index (χ4v) is 5.23. The maximum Gasteiger partial charge on any atom is 0.395 e. The Bertz CT molecular complexity index is 1110. The average molecular weight is 538 g/mol. The number of aliphatic imine (C=N–C) groups is 1. The van der Waals surface area contributed by atoms with Gasteiger partial charge in [-0.25, -0.2) is 4.98 Å². The second-order valence-corrected chi connectivity index (χ2v) is 11.3. The molecule has 1 aliphatic carbocycles. The van der Waals surface area contributed by atoms with E-state index in [0.717, 1.165) is 10.4 Å². The molecule has 1 aliphatic rings. The van der Waals surface area contributed by atoms with Crippen LogP contribution in [-0.4, -0.2) is 79.9 Å². The molecule has 1 N–H and O–H groups in total. The van der Waals surface area contributed by atoms with Crippen LogP contribution in [0.2, 0.25) is 0 Å². The van der Waals surface area contributed by atoms with E-state index in [9.17, 15) is 22.8 Å². The van der Waals surface area contributed by atoms with Gasteiger partial charge in [-0.15, -0.1) is 11.3 Å². The molecule has 202 valence electrons. The number of benzene rings is 1. The van der Waals surface area contributed by atoms with Crippen molar-refractivity contribution in [3.63, 3.8) is 0 Å². The number of carbonyl (C=O) groups excluding carboxylic acids is 2. The largest absolute Gasteiger partial charge is 0.395 e. The number of hydrogen-bond donors (Lipinski definition) is 1. The van der Waals surface area contributed by atoms with E-state index in [-0.39, 0.29) is 37.8 Å². The minimum Gasteiger partial charge on any atom is -0.369 e. The molecule has 1 saturated carbocycles. The lowest BCUT2D eigenvalue weighted by Gasteiger charge is -2.28. The molecule has 37 heavy (non-hydrogen) atoms. The topological polar surface area (TPSA) is 77.9 Å². The number of alkyl halides is 3. The number of thiazole rings is 1. The van der Waals surface area contributed by atoms with Crippen molar-refractivity contribution in [1.29, 1.82) is 0 Å². The summed E-state index contributed by atoms with van der Waals surface area (Å²) in [5.74, 6) is -1.74. The van der Waals surface area contributed by atoms with Crippen LogP contribution in [0.15, 0.2) is 35.5 Å². The minimum absolute atomic E-state index is 0.0202. The number of amides is 2. The molecule has 7 nitrogen and oxygen atoms in total. The lowest BCUT2D eigenvalue weighted by Crippen LogP contribution is -2.42. The number of aryl methyl sites for hydroxylation is 1. The van der Waals surface area contributed by atoms with E-state index < -0.39 is 23.4 Å². The van der Waals surface area contributed by atoms with Crippen molar-refractivity contribution in [1.82, 2.24) is 20.1 Å². The van der Waals surface area contributed by atoms with E-state index >= 15 is 0 Å². The maximum atomic E-state index is 13.9. The summed E-state index contributed by atoms with van der Waals surface area (Å²) in [4.78, 5) is 37.6. The highest BCUT2D eigenvalue weighted by Gasteiger charge is 2.68. The lowest BCUT2D eigenvalue weighted by molar-refractivity contribution is -0.194. The number of hydrogen-bond acceptors (Lipinski definition) is 5. The third-order valence-electron chi connectivity index (χ3n) is 6.69. The molecule has 2 amide bonds. The molecule has 0 aliphatic heterocycles. The van der Waals surface area contributed by atoms with E-state index in [1.165, 1.54) is 17.7 Å². The Morgan fingerprint density at radius 3 is 2.32 bits per heavy atom. The number of carbonyl (C=O) groups is 2. The highest BCUT2D eigenvalue weighted by atomic mass is 32.1. The molecule has 0 spiro atoms. The zero-order chi connectivity index (χ0) is 27.4. The summed E-state index contributed by atoms with van der Waals surface area (Å²) in [5, 5.41) is 3.22. The van der Waals surface area contributed by atoms with Crippen molar-refractivity contribution in [2.24, 2.45) is 10.4 Å². The van der Waals surface area contributed by atoms with Gasteiger partial charge < -0.3 is 15.1 Å². The summed E-state index contributed by atoms with van der Waals surface area (Å²) >= 11 is 1.22. The van der Waals surface area contributed by atoms with Crippen LogP contribution in [0.5, 0.6) is 0 Å². The summed E-state index contributed by atoms with van der Waals surface area (Å²) in [7, 11) is 7.32. The Hall–Kier alpha value is -2.79. The van der Waals surface area contributed by atoms with Gasteiger partial charge in [0.05, 0.1) is 16.8 Å². The second-order valence-electron chi connectivity index (χ2n) is 10.1. The Labute approximate surface area is 219 Å². The predicted molar refractivity (Wildman–Crippen MR) is 139 cm³/mol. The van der Waals surface area contributed by atoms with Gasteiger partial charge in [0.25, 0.3) is 5.91 Å². The fraction of sp³-hybridized carbons (Fsp3) is 0.538. The van der Waals surface area contributed by atoms with Crippen molar-refractivity contribution in [3.8, 4) is 0 Å². The van der Waals surface area contributed by atoms with Crippen molar-refractivity contribution in [3.05, 3.63) is 51.5 Å². The summed E-state index contributed by atoms with van der Waals surface area (Å²) < 4.78 is 41.7. The summed E-state index contributed by atoms with van der Waals surface area (Å²) in [6.07, 6.45) is -0.997. The summed E-state index contributed by atoms with van der Waals surface area (Å²) in [6.45, 7) is 2.08. The van der Waals surface area contributed by atoms with Gasteiger partial charge in [0.2, 0.25) is 5.91 Å². The van der Waals surface area contributed by atoms with Crippen LogP contribution in [0.1, 0.15) is 51.0 Å². The van der Waals surface area contributed by atoms with Gasteiger partial charge in [-0.2, -0.15) is 18.2 Å². The van der Waals surface area contributed by atoms with Crippen LogP contribution in [-0.2, 0) is 11.2 Å². The first-order valence-corrected chi connectivity index (χ1v) is 12.9. The number of nitrogens with zero attached hydrogens (tertiary/aromatic N) is 4. The highest BCUT2D eigenvalue weighted by Crippen LogP contribution is 2.66. The molecular weight excluding hydrogens is 503 g/mol. The molecule has 11 heteroatoms. The third-order valence-corrected chi connectivity index (χ3v) is 7.72. The molecule has 0 radical (unpaired) electrons. The molecule has 2 aromatic rings. The first-order valence-electron chi connectivity index (χ1n) is 12.1. The molecule has 0 unspecified atom stereocenters. The number of likely N-dealkylation sites (N-methyl/N-ethyl adjacent to an activating group) is 1.